The first-order valence-corrected chi connectivity index (χ1v) is 8.15. The number of benzene rings is 1. The van der Waals surface area contributed by atoms with Crippen molar-refractivity contribution in [2.24, 2.45) is 0 Å². The zero-order chi connectivity index (χ0) is 15.5. The summed E-state index contributed by atoms with van der Waals surface area (Å²) in [5, 5.41) is 11.5. The molecule has 22 heavy (non-hydrogen) atoms. The Balaban J connectivity index is 1.56. The molecule has 0 bridgehead atoms. The monoisotopic (exact) mass is 342 g/mol. The maximum absolute atomic E-state index is 13.1. The van der Waals surface area contributed by atoms with E-state index in [0.29, 0.717) is 12.1 Å². The summed E-state index contributed by atoms with van der Waals surface area (Å²) in [5.74, 6) is -0.397. The average molecular weight is 343 g/mol. The fourth-order valence-electron chi connectivity index (χ4n) is 2.54. The number of β-amino-alcohol motifs (C(OH)–C–C–N with tert-alkyl or cyclic N) is 1. The molecule has 8 heteroatoms. The normalized spacial score (nSPS) is 17.7. The van der Waals surface area contributed by atoms with Gasteiger partial charge in [-0.15, -0.1) is 0 Å². The molecule has 2 aromatic rings. The van der Waals surface area contributed by atoms with Crippen LogP contribution >= 0.6 is 23.1 Å². The molecule has 118 valence electrons. The molecule has 1 aliphatic rings. The number of aromatic nitrogens is 2. The van der Waals surface area contributed by atoms with Crippen LogP contribution in [0.5, 0.6) is 0 Å². The lowest BCUT2D eigenvalue weighted by Crippen LogP contribution is -2.47. The van der Waals surface area contributed by atoms with Crippen LogP contribution in [0.3, 0.4) is 0 Å². The van der Waals surface area contributed by atoms with Gasteiger partial charge in [0.25, 0.3) is 0 Å². The largest absolute Gasteiger partial charge is 0.387 e. The molecule has 0 unspecified atom stereocenters. The fraction of sp³-hybridized carbons (Fsp3) is 0.429. The molecule has 1 N–H and O–H groups in total. The van der Waals surface area contributed by atoms with E-state index in [0.717, 1.165) is 31.3 Å². The van der Waals surface area contributed by atoms with Crippen molar-refractivity contribution in [3.63, 3.8) is 0 Å². The van der Waals surface area contributed by atoms with E-state index in [9.17, 15) is 9.50 Å². The second kappa shape index (κ2) is 6.87. The van der Waals surface area contributed by atoms with E-state index < -0.39 is 11.9 Å². The maximum Gasteiger partial charge on any atom is 0.205 e. The molecule has 2 heterocycles. The number of aliphatic hydroxyl groups excluding tert-OH is 1. The van der Waals surface area contributed by atoms with E-state index in [2.05, 4.69) is 19.2 Å². The lowest BCUT2D eigenvalue weighted by Gasteiger charge is -2.35. The number of nitrogens with zero attached hydrogens (tertiary/aromatic N) is 4. The summed E-state index contributed by atoms with van der Waals surface area (Å²) in [6, 6.07) is 4.09. The summed E-state index contributed by atoms with van der Waals surface area (Å²) < 4.78 is 17.1. The van der Waals surface area contributed by atoms with E-state index in [-0.39, 0.29) is 5.02 Å². The van der Waals surface area contributed by atoms with Crippen LogP contribution in [-0.2, 0) is 0 Å². The van der Waals surface area contributed by atoms with Gasteiger partial charge in [0.15, 0.2) is 0 Å². The quantitative estimate of drug-likeness (QED) is 0.923. The van der Waals surface area contributed by atoms with Crippen molar-refractivity contribution in [2.75, 3.05) is 37.6 Å². The Morgan fingerprint density at radius 3 is 2.73 bits per heavy atom. The van der Waals surface area contributed by atoms with E-state index in [4.69, 9.17) is 11.6 Å². The van der Waals surface area contributed by atoms with Crippen molar-refractivity contribution in [1.29, 1.82) is 0 Å². The Morgan fingerprint density at radius 2 is 2.09 bits per heavy atom. The number of aliphatic hydroxyl groups is 1. The molecule has 1 saturated heterocycles. The smallest absolute Gasteiger partial charge is 0.205 e. The summed E-state index contributed by atoms with van der Waals surface area (Å²) in [4.78, 5) is 8.56. The Morgan fingerprint density at radius 1 is 1.32 bits per heavy atom. The SMILES string of the molecule is O[C@@H](CN1CCN(c2ncns2)CC1)c1ccc(F)cc1Cl. The van der Waals surface area contributed by atoms with Gasteiger partial charge < -0.3 is 10.0 Å². The molecular weight excluding hydrogens is 327 g/mol. The van der Waals surface area contributed by atoms with Gasteiger partial charge in [0.1, 0.15) is 12.1 Å². The van der Waals surface area contributed by atoms with Crippen LogP contribution in [0.4, 0.5) is 9.52 Å². The van der Waals surface area contributed by atoms with Gasteiger partial charge in [-0.2, -0.15) is 4.37 Å². The van der Waals surface area contributed by atoms with E-state index >= 15 is 0 Å². The van der Waals surface area contributed by atoms with Gasteiger partial charge in [-0.25, -0.2) is 9.37 Å². The van der Waals surface area contributed by atoms with Crippen LogP contribution in [-0.4, -0.2) is 52.1 Å². The molecule has 0 spiro atoms. The van der Waals surface area contributed by atoms with Crippen LogP contribution in [0, 0.1) is 5.82 Å². The molecule has 1 fully saturated rings. The average Bonchev–Trinajstić information content (AvgIpc) is 3.02. The topological polar surface area (TPSA) is 52.5 Å². The molecular formula is C14H16ClFN4OS. The number of hydrogen-bond donors (Lipinski definition) is 1. The van der Waals surface area contributed by atoms with Gasteiger partial charge in [0.05, 0.1) is 6.10 Å². The van der Waals surface area contributed by atoms with Crippen LogP contribution in [0.15, 0.2) is 24.5 Å². The minimum atomic E-state index is -0.721. The summed E-state index contributed by atoms with van der Waals surface area (Å²) in [5.41, 5.74) is 0.564. The Labute approximate surface area is 137 Å². The third kappa shape index (κ3) is 3.55. The van der Waals surface area contributed by atoms with Gasteiger partial charge in [0, 0.05) is 54.8 Å². The van der Waals surface area contributed by atoms with Gasteiger partial charge in [-0.05, 0) is 12.1 Å². The molecule has 1 aliphatic heterocycles. The van der Waals surface area contributed by atoms with Gasteiger partial charge in [-0.1, -0.05) is 17.7 Å². The predicted octanol–water partition coefficient (Wildman–Crippen LogP) is 2.19. The first-order valence-electron chi connectivity index (χ1n) is 7.00. The summed E-state index contributed by atoms with van der Waals surface area (Å²) >= 11 is 7.38. The molecule has 0 amide bonds. The molecule has 1 atom stereocenters. The lowest BCUT2D eigenvalue weighted by molar-refractivity contribution is 0.109. The second-order valence-electron chi connectivity index (χ2n) is 5.19. The summed E-state index contributed by atoms with van der Waals surface area (Å²) in [6.45, 7) is 3.83. The first kappa shape index (κ1) is 15.6. The number of halogens is 2. The highest BCUT2D eigenvalue weighted by Crippen LogP contribution is 2.25. The van der Waals surface area contributed by atoms with Crippen LogP contribution in [0.1, 0.15) is 11.7 Å². The molecule has 3 rings (SSSR count). The van der Waals surface area contributed by atoms with Crippen LogP contribution in [0.25, 0.3) is 0 Å². The van der Waals surface area contributed by atoms with Crippen molar-refractivity contribution in [3.8, 4) is 0 Å². The Hall–Kier alpha value is -1.28. The minimum Gasteiger partial charge on any atom is -0.387 e. The molecule has 0 aliphatic carbocycles. The fourth-order valence-corrected chi connectivity index (χ4v) is 3.42. The van der Waals surface area contributed by atoms with Gasteiger partial charge in [0.2, 0.25) is 5.13 Å². The number of piperazine rings is 1. The molecule has 0 radical (unpaired) electrons. The first-order chi connectivity index (χ1) is 10.6. The second-order valence-corrected chi connectivity index (χ2v) is 6.36. The molecule has 1 aromatic heterocycles. The van der Waals surface area contributed by atoms with E-state index in [1.807, 2.05) is 0 Å². The number of hydrogen-bond acceptors (Lipinski definition) is 6. The highest BCUT2D eigenvalue weighted by Gasteiger charge is 2.22. The zero-order valence-corrected chi connectivity index (χ0v) is 13.4. The van der Waals surface area contributed by atoms with Crippen molar-refractivity contribution < 1.29 is 9.50 Å². The van der Waals surface area contributed by atoms with Crippen molar-refractivity contribution in [3.05, 3.63) is 40.9 Å². The van der Waals surface area contributed by atoms with E-state index in [1.165, 1.54) is 23.7 Å². The maximum atomic E-state index is 13.1. The number of anilines is 1. The van der Waals surface area contributed by atoms with Crippen molar-refractivity contribution in [2.45, 2.75) is 6.10 Å². The Kier molecular flexibility index (Phi) is 4.87. The van der Waals surface area contributed by atoms with Crippen molar-refractivity contribution >= 4 is 28.3 Å². The molecule has 0 saturated carbocycles. The molecule has 5 nitrogen and oxygen atoms in total. The highest BCUT2D eigenvalue weighted by atomic mass is 35.5. The zero-order valence-electron chi connectivity index (χ0n) is 11.8. The third-order valence-electron chi connectivity index (χ3n) is 3.75. The van der Waals surface area contributed by atoms with Crippen LogP contribution < -0.4 is 4.90 Å². The highest BCUT2D eigenvalue weighted by molar-refractivity contribution is 7.09. The Bertz CT molecular complexity index is 619. The number of rotatable bonds is 4. The predicted molar refractivity (Wildman–Crippen MR) is 84.9 cm³/mol. The summed E-state index contributed by atoms with van der Waals surface area (Å²) in [7, 11) is 0. The molecule has 1 aromatic carbocycles. The van der Waals surface area contributed by atoms with Crippen molar-refractivity contribution in [1.82, 2.24) is 14.3 Å². The van der Waals surface area contributed by atoms with Gasteiger partial charge >= 0.3 is 0 Å². The lowest BCUT2D eigenvalue weighted by atomic mass is 10.1. The standard InChI is InChI=1S/C14H16ClFN4OS/c15-12-7-10(16)1-2-11(12)13(21)8-19-3-5-20(6-4-19)14-17-9-18-22-14/h1-2,7,9,13,21H,3-6,8H2/t13-/m0/s1. The summed E-state index contributed by atoms with van der Waals surface area (Å²) in [6.07, 6.45) is 0.841. The third-order valence-corrected chi connectivity index (χ3v) is 4.80. The minimum absolute atomic E-state index is 0.264. The van der Waals surface area contributed by atoms with E-state index in [1.54, 1.807) is 12.4 Å². The van der Waals surface area contributed by atoms with Crippen LogP contribution in [0.2, 0.25) is 5.02 Å². The van der Waals surface area contributed by atoms with Gasteiger partial charge in [-0.3, -0.25) is 4.90 Å².